The van der Waals surface area contributed by atoms with Gasteiger partial charge >= 0.3 is 0 Å². The normalized spacial score (nSPS) is 15.3. The van der Waals surface area contributed by atoms with Gasteiger partial charge < -0.3 is 5.32 Å². The molecule has 114 valence electrons. The van der Waals surface area contributed by atoms with E-state index in [2.05, 4.69) is 5.32 Å². The summed E-state index contributed by atoms with van der Waals surface area (Å²) < 4.78 is 23.0. The van der Waals surface area contributed by atoms with Crippen LogP contribution in [-0.4, -0.2) is 25.3 Å². The van der Waals surface area contributed by atoms with Crippen molar-refractivity contribution in [1.29, 1.82) is 0 Å². The van der Waals surface area contributed by atoms with Gasteiger partial charge in [-0.1, -0.05) is 0 Å². The van der Waals surface area contributed by atoms with Gasteiger partial charge in [0.25, 0.3) is 11.6 Å². The molecule has 2 rings (SSSR count). The average molecular weight is 313 g/mol. The highest BCUT2D eigenvalue weighted by atomic mass is 32.2. The van der Waals surface area contributed by atoms with Gasteiger partial charge in [-0.05, 0) is 32.3 Å². The zero-order valence-corrected chi connectivity index (χ0v) is 12.1. The van der Waals surface area contributed by atoms with Crippen molar-refractivity contribution in [2.24, 2.45) is 5.14 Å². The third-order valence-electron chi connectivity index (χ3n) is 3.54. The average Bonchev–Trinajstić information content (AvgIpc) is 2.31. The van der Waals surface area contributed by atoms with E-state index < -0.39 is 31.4 Å². The topological polar surface area (TPSA) is 132 Å². The molecule has 1 fully saturated rings. The van der Waals surface area contributed by atoms with Crippen LogP contribution in [0.5, 0.6) is 0 Å². The van der Waals surface area contributed by atoms with Crippen LogP contribution in [0.4, 0.5) is 5.69 Å². The molecule has 0 unspecified atom stereocenters. The predicted octanol–water partition coefficient (Wildman–Crippen LogP) is 0.833. The third kappa shape index (κ3) is 3.19. The number of benzene rings is 1. The molecule has 1 aromatic rings. The van der Waals surface area contributed by atoms with Crippen molar-refractivity contribution in [3.8, 4) is 0 Å². The van der Waals surface area contributed by atoms with Gasteiger partial charge in [0.1, 0.15) is 0 Å². The molecule has 9 heteroatoms. The second kappa shape index (κ2) is 5.41. The van der Waals surface area contributed by atoms with E-state index in [-0.39, 0.29) is 17.2 Å². The number of amides is 1. The lowest BCUT2D eigenvalue weighted by atomic mass is 9.93. The van der Waals surface area contributed by atoms with E-state index in [4.69, 9.17) is 5.14 Å². The first kappa shape index (κ1) is 15.4. The number of nitro groups is 1. The van der Waals surface area contributed by atoms with Gasteiger partial charge in [0.05, 0.1) is 9.82 Å². The number of carbonyl (C=O) groups is 1. The van der Waals surface area contributed by atoms with Gasteiger partial charge in [-0.3, -0.25) is 14.9 Å². The number of primary sulfonamides is 1. The molecule has 8 nitrogen and oxygen atoms in total. The second-order valence-electron chi connectivity index (χ2n) is 5.02. The molecule has 0 radical (unpaired) electrons. The Bertz CT molecular complexity index is 710. The molecule has 21 heavy (non-hydrogen) atoms. The molecule has 0 spiro atoms. The summed E-state index contributed by atoms with van der Waals surface area (Å²) in [5.74, 6) is -0.535. The molecule has 0 saturated heterocycles. The van der Waals surface area contributed by atoms with Gasteiger partial charge in [-0.2, -0.15) is 0 Å². The maximum Gasteiger partial charge on any atom is 0.274 e. The highest BCUT2D eigenvalue weighted by molar-refractivity contribution is 7.89. The zero-order chi connectivity index (χ0) is 15.8. The summed E-state index contributed by atoms with van der Waals surface area (Å²) in [5, 5.41) is 18.8. The van der Waals surface area contributed by atoms with E-state index in [0.717, 1.165) is 31.4 Å². The molecule has 0 bridgehead atoms. The quantitative estimate of drug-likeness (QED) is 0.627. The number of hydrogen-bond donors (Lipinski definition) is 2. The van der Waals surface area contributed by atoms with Crippen LogP contribution in [0.2, 0.25) is 0 Å². The molecule has 1 aliphatic rings. The van der Waals surface area contributed by atoms with Crippen molar-refractivity contribution in [2.45, 2.75) is 37.1 Å². The molecule has 1 saturated carbocycles. The van der Waals surface area contributed by atoms with Gasteiger partial charge in [-0.15, -0.1) is 0 Å². The maximum atomic E-state index is 12.0. The van der Waals surface area contributed by atoms with E-state index in [9.17, 15) is 23.3 Å². The highest BCUT2D eigenvalue weighted by Gasteiger charge is 2.26. The van der Waals surface area contributed by atoms with Gasteiger partial charge in [-0.25, -0.2) is 13.6 Å². The molecule has 0 atom stereocenters. The van der Waals surface area contributed by atoms with E-state index in [1.165, 1.54) is 6.92 Å². The number of rotatable bonds is 4. The van der Waals surface area contributed by atoms with E-state index in [1.807, 2.05) is 0 Å². The lowest BCUT2D eigenvalue weighted by Crippen LogP contribution is -2.39. The molecule has 1 amide bonds. The minimum absolute atomic E-state index is 0.0378. The molecule has 0 aromatic heterocycles. The number of nitrogens with one attached hydrogen (secondary N) is 1. The summed E-state index contributed by atoms with van der Waals surface area (Å²) in [6, 6.07) is 2.18. The summed E-state index contributed by atoms with van der Waals surface area (Å²) in [7, 11) is -4.15. The first-order chi connectivity index (χ1) is 9.70. The summed E-state index contributed by atoms with van der Waals surface area (Å²) >= 11 is 0. The number of nitro benzene ring substituents is 1. The van der Waals surface area contributed by atoms with Crippen molar-refractivity contribution in [2.75, 3.05) is 0 Å². The zero-order valence-electron chi connectivity index (χ0n) is 11.3. The van der Waals surface area contributed by atoms with Crippen LogP contribution in [0.25, 0.3) is 0 Å². The minimum atomic E-state index is -4.15. The SMILES string of the molecule is Cc1c([N+](=O)[O-])cc(C(=O)NC2CCC2)cc1S(N)(=O)=O. The van der Waals surface area contributed by atoms with E-state index in [0.29, 0.717) is 0 Å². The lowest BCUT2D eigenvalue weighted by molar-refractivity contribution is -0.385. The fraction of sp³-hybridized carbons (Fsp3) is 0.417. The molecule has 3 N–H and O–H groups in total. The van der Waals surface area contributed by atoms with Crippen LogP contribution in [0.3, 0.4) is 0 Å². The number of nitrogens with zero attached hydrogens (tertiary/aromatic N) is 1. The Balaban J connectivity index is 2.48. The Hall–Kier alpha value is -2.00. The Kier molecular flexibility index (Phi) is 3.97. The molecule has 1 aromatic carbocycles. The van der Waals surface area contributed by atoms with Crippen molar-refractivity contribution < 1.29 is 18.1 Å². The Morgan fingerprint density at radius 1 is 1.43 bits per heavy atom. The van der Waals surface area contributed by atoms with Crippen molar-refractivity contribution >= 4 is 21.6 Å². The summed E-state index contributed by atoms with van der Waals surface area (Å²) in [6.07, 6.45) is 2.71. The lowest BCUT2D eigenvalue weighted by Gasteiger charge is -2.26. The van der Waals surface area contributed by atoms with Gasteiger partial charge in [0, 0.05) is 23.2 Å². The van der Waals surface area contributed by atoms with Gasteiger partial charge in [0.2, 0.25) is 10.0 Å². The number of nitrogens with two attached hydrogens (primary N) is 1. The van der Waals surface area contributed by atoms with Crippen LogP contribution in [0, 0.1) is 17.0 Å². The number of hydrogen-bond acceptors (Lipinski definition) is 5. The summed E-state index contributed by atoms with van der Waals surface area (Å²) in [5.41, 5.74) is -0.605. The van der Waals surface area contributed by atoms with Crippen LogP contribution < -0.4 is 10.5 Å². The monoisotopic (exact) mass is 313 g/mol. The minimum Gasteiger partial charge on any atom is -0.349 e. The Labute approximate surface area is 121 Å². The van der Waals surface area contributed by atoms with Crippen molar-refractivity contribution in [3.05, 3.63) is 33.4 Å². The van der Waals surface area contributed by atoms with Crippen LogP contribution in [0.1, 0.15) is 35.2 Å². The highest BCUT2D eigenvalue weighted by Crippen LogP contribution is 2.27. The largest absolute Gasteiger partial charge is 0.349 e. The summed E-state index contributed by atoms with van der Waals surface area (Å²) in [4.78, 5) is 21.9. The van der Waals surface area contributed by atoms with E-state index >= 15 is 0 Å². The van der Waals surface area contributed by atoms with E-state index in [1.54, 1.807) is 0 Å². The maximum absolute atomic E-state index is 12.0. The molecular formula is C12H15N3O5S. The molecular weight excluding hydrogens is 298 g/mol. The Morgan fingerprint density at radius 2 is 2.05 bits per heavy atom. The summed E-state index contributed by atoms with van der Waals surface area (Å²) in [6.45, 7) is 1.28. The Morgan fingerprint density at radius 3 is 2.48 bits per heavy atom. The first-order valence-corrected chi connectivity index (χ1v) is 7.87. The van der Waals surface area contributed by atoms with Crippen molar-refractivity contribution in [3.63, 3.8) is 0 Å². The molecule has 1 aliphatic carbocycles. The van der Waals surface area contributed by atoms with Crippen LogP contribution >= 0.6 is 0 Å². The number of sulfonamides is 1. The standard InChI is InChI=1S/C12H15N3O5S/c1-7-10(15(17)18)5-8(6-11(7)21(13,19)20)12(16)14-9-3-2-4-9/h5-6,9H,2-4H2,1H3,(H,14,16)(H2,13,19,20). The third-order valence-corrected chi connectivity index (χ3v) is 4.58. The van der Waals surface area contributed by atoms with Gasteiger partial charge in [0.15, 0.2) is 0 Å². The van der Waals surface area contributed by atoms with Crippen LogP contribution in [-0.2, 0) is 10.0 Å². The predicted molar refractivity (Wildman–Crippen MR) is 74.3 cm³/mol. The van der Waals surface area contributed by atoms with Crippen molar-refractivity contribution in [1.82, 2.24) is 5.32 Å². The first-order valence-electron chi connectivity index (χ1n) is 6.33. The number of carbonyl (C=O) groups excluding carboxylic acids is 1. The van der Waals surface area contributed by atoms with Crippen LogP contribution in [0.15, 0.2) is 17.0 Å². The smallest absolute Gasteiger partial charge is 0.274 e. The fourth-order valence-corrected chi connectivity index (χ4v) is 2.93. The molecule has 0 heterocycles. The second-order valence-corrected chi connectivity index (χ2v) is 6.55. The fourth-order valence-electron chi connectivity index (χ4n) is 2.11. The molecule has 0 aliphatic heterocycles.